The van der Waals surface area contributed by atoms with Gasteiger partial charge in [-0.1, -0.05) is 37.6 Å². The number of carbonyl (C=O) groups excluding carboxylic acids is 1. The van der Waals surface area contributed by atoms with Gasteiger partial charge in [0.25, 0.3) is 5.91 Å². The van der Waals surface area contributed by atoms with E-state index in [1.165, 1.54) is 0 Å². The normalized spacial score (nSPS) is 11.2. The Morgan fingerprint density at radius 1 is 1.14 bits per heavy atom. The molecule has 0 radical (unpaired) electrons. The average Bonchev–Trinajstić information content (AvgIpc) is 3.14. The molecule has 0 saturated carbocycles. The van der Waals surface area contributed by atoms with E-state index < -0.39 is 0 Å². The molecule has 4 aromatic rings. The van der Waals surface area contributed by atoms with Crippen molar-refractivity contribution in [2.75, 3.05) is 7.05 Å². The van der Waals surface area contributed by atoms with Gasteiger partial charge in [0.1, 0.15) is 5.52 Å². The van der Waals surface area contributed by atoms with Crippen molar-refractivity contribution < 1.29 is 9.21 Å². The summed E-state index contributed by atoms with van der Waals surface area (Å²) >= 11 is 0. The molecule has 1 amide bonds. The lowest BCUT2D eigenvalue weighted by molar-refractivity contribution is 0.0786. The van der Waals surface area contributed by atoms with Gasteiger partial charge in [0.2, 0.25) is 0 Å². The number of amides is 1. The largest absolute Gasteiger partial charge is 0.441 e. The summed E-state index contributed by atoms with van der Waals surface area (Å²) in [5.74, 6) is 0.685. The fraction of sp³-hybridized carbons (Fsp3) is 0.261. The molecule has 142 valence electrons. The lowest BCUT2D eigenvalue weighted by atomic mass is 10.1. The molecule has 5 nitrogen and oxygen atoms in total. The van der Waals surface area contributed by atoms with Crippen LogP contribution in [-0.2, 0) is 13.0 Å². The zero-order valence-corrected chi connectivity index (χ0v) is 16.2. The van der Waals surface area contributed by atoms with Crippen molar-refractivity contribution in [1.82, 2.24) is 14.9 Å². The van der Waals surface area contributed by atoms with Gasteiger partial charge in [0.05, 0.1) is 5.52 Å². The molecular formula is C23H23N3O2. The highest BCUT2D eigenvalue weighted by molar-refractivity contribution is 5.97. The smallest absolute Gasteiger partial charge is 0.253 e. The van der Waals surface area contributed by atoms with Gasteiger partial charge in [-0.2, -0.15) is 0 Å². The molecule has 0 fully saturated rings. The molecule has 0 saturated heterocycles. The quantitative estimate of drug-likeness (QED) is 0.478. The average molecular weight is 373 g/mol. The maximum atomic E-state index is 13.0. The molecule has 28 heavy (non-hydrogen) atoms. The number of carbonyl (C=O) groups is 1. The van der Waals surface area contributed by atoms with E-state index in [1.54, 1.807) is 17.2 Å². The minimum Gasteiger partial charge on any atom is -0.441 e. The second-order valence-electron chi connectivity index (χ2n) is 7.05. The number of oxazole rings is 1. The molecular weight excluding hydrogens is 350 g/mol. The van der Waals surface area contributed by atoms with Crippen molar-refractivity contribution in [1.29, 1.82) is 0 Å². The highest BCUT2D eigenvalue weighted by Gasteiger charge is 2.16. The number of nitrogens with zero attached hydrogens (tertiary/aromatic N) is 3. The van der Waals surface area contributed by atoms with Gasteiger partial charge >= 0.3 is 0 Å². The molecule has 0 aliphatic rings. The number of rotatable bonds is 6. The van der Waals surface area contributed by atoms with Crippen LogP contribution in [0.3, 0.4) is 0 Å². The van der Waals surface area contributed by atoms with E-state index in [0.717, 1.165) is 52.7 Å². The summed E-state index contributed by atoms with van der Waals surface area (Å²) in [6.07, 6.45) is 4.74. The fourth-order valence-corrected chi connectivity index (χ4v) is 3.39. The summed E-state index contributed by atoms with van der Waals surface area (Å²) in [5.41, 5.74) is 4.02. The van der Waals surface area contributed by atoms with Gasteiger partial charge in [0, 0.05) is 37.2 Å². The lowest BCUT2D eigenvalue weighted by Crippen LogP contribution is -2.26. The highest BCUT2D eigenvalue weighted by atomic mass is 16.3. The second-order valence-corrected chi connectivity index (χ2v) is 7.05. The first-order chi connectivity index (χ1) is 13.7. The summed E-state index contributed by atoms with van der Waals surface area (Å²) in [6, 6.07) is 15.4. The van der Waals surface area contributed by atoms with E-state index in [4.69, 9.17) is 4.42 Å². The van der Waals surface area contributed by atoms with Crippen LogP contribution in [-0.4, -0.2) is 27.8 Å². The molecule has 0 bridgehead atoms. The van der Waals surface area contributed by atoms with E-state index in [9.17, 15) is 4.79 Å². The third-order valence-corrected chi connectivity index (χ3v) is 4.89. The molecule has 0 atom stereocenters. The maximum Gasteiger partial charge on any atom is 0.253 e. The second kappa shape index (κ2) is 7.80. The fourth-order valence-electron chi connectivity index (χ4n) is 3.39. The summed E-state index contributed by atoms with van der Waals surface area (Å²) in [6.45, 7) is 2.63. The van der Waals surface area contributed by atoms with Crippen molar-refractivity contribution in [3.8, 4) is 0 Å². The number of aryl methyl sites for hydroxylation is 1. The molecule has 0 spiro atoms. The molecule has 0 aliphatic heterocycles. The van der Waals surface area contributed by atoms with E-state index in [-0.39, 0.29) is 5.91 Å². The van der Waals surface area contributed by atoms with Crippen LogP contribution < -0.4 is 0 Å². The highest BCUT2D eigenvalue weighted by Crippen LogP contribution is 2.21. The van der Waals surface area contributed by atoms with E-state index >= 15 is 0 Å². The molecule has 0 N–H and O–H groups in total. The summed E-state index contributed by atoms with van der Waals surface area (Å²) in [4.78, 5) is 23.7. The number of fused-ring (bicyclic) bond motifs is 2. The van der Waals surface area contributed by atoms with Gasteiger partial charge in [-0.25, -0.2) is 4.98 Å². The van der Waals surface area contributed by atoms with E-state index in [2.05, 4.69) is 16.9 Å². The maximum absolute atomic E-state index is 13.0. The molecule has 0 unspecified atom stereocenters. The van der Waals surface area contributed by atoms with Crippen molar-refractivity contribution in [3.05, 3.63) is 71.7 Å². The van der Waals surface area contributed by atoms with Crippen LogP contribution in [0.25, 0.3) is 22.0 Å². The van der Waals surface area contributed by atoms with Gasteiger partial charge < -0.3 is 9.32 Å². The van der Waals surface area contributed by atoms with Crippen LogP contribution in [0.15, 0.2) is 59.1 Å². The van der Waals surface area contributed by atoms with Crippen LogP contribution in [0.2, 0.25) is 0 Å². The number of hydrogen-bond acceptors (Lipinski definition) is 4. The van der Waals surface area contributed by atoms with Crippen molar-refractivity contribution in [2.45, 2.75) is 32.7 Å². The first kappa shape index (κ1) is 18.2. The summed E-state index contributed by atoms with van der Waals surface area (Å²) in [7, 11) is 1.81. The Kier molecular flexibility index (Phi) is 5.06. The standard InChI is InChI=1S/C23H23N3O2/c1-3-4-10-21-25-19-14-17(11-12-20(19)28-21)23(27)26(2)15-18-8-5-7-16-9-6-13-24-22(16)18/h5-9,11-14H,3-4,10,15H2,1-2H3. The zero-order valence-electron chi connectivity index (χ0n) is 16.2. The van der Waals surface area contributed by atoms with E-state index in [0.29, 0.717) is 12.1 Å². The first-order valence-electron chi connectivity index (χ1n) is 9.63. The minimum absolute atomic E-state index is 0.0482. The van der Waals surface area contributed by atoms with Crippen LogP contribution in [0, 0.1) is 0 Å². The third-order valence-electron chi connectivity index (χ3n) is 4.89. The van der Waals surface area contributed by atoms with Gasteiger partial charge in [-0.3, -0.25) is 9.78 Å². The third kappa shape index (κ3) is 3.60. The van der Waals surface area contributed by atoms with Gasteiger partial charge in [-0.05, 0) is 36.2 Å². The van der Waals surface area contributed by atoms with Crippen molar-refractivity contribution >= 4 is 27.9 Å². The molecule has 2 aromatic heterocycles. The van der Waals surface area contributed by atoms with Crippen LogP contribution >= 0.6 is 0 Å². The Hall–Kier alpha value is -3.21. The number of benzene rings is 2. The Bertz CT molecular complexity index is 1130. The SMILES string of the molecule is CCCCc1nc2cc(C(=O)N(C)Cc3cccc4cccnc34)ccc2o1. The van der Waals surface area contributed by atoms with Gasteiger partial charge in [0.15, 0.2) is 11.5 Å². The Balaban J connectivity index is 1.56. The monoisotopic (exact) mass is 373 g/mol. The van der Waals surface area contributed by atoms with Crippen LogP contribution in [0.4, 0.5) is 0 Å². The molecule has 5 heteroatoms. The van der Waals surface area contributed by atoms with Crippen LogP contribution in [0.5, 0.6) is 0 Å². The van der Waals surface area contributed by atoms with Crippen molar-refractivity contribution in [2.24, 2.45) is 0 Å². The topological polar surface area (TPSA) is 59.2 Å². The van der Waals surface area contributed by atoms with Crippen molar-refractivity contribution in [3.63, 3.8) is 0 Å². The molecule has 2 heterocycles. The number of unbranched alkanes of at least 4 members (excludes halogenated alkanes) is 1. The number of pyridine rings is 1. The minimum atomic E-state index is -0.0482. The lowest BCUT2D eigenvalue weighted by Gasteiger charge is -2.18. The Morgan fingerprint density at radius 2 is 2.00 bits per heavy atom. The predicted octanol–water partition coefficient (Wildman–Crippen LogP) is 4.99. The number of para-hydroxylation sites is 1. The molecule has 4 rings (SSSR count). The molecule has 2 aromatic carbocycles. The summed E-state index contributed by atoms with van der Waals surface area (Å²) in [5, 5.41) is 1.07. The first-order valence-corrected chi connectivity index (χ1v) is 9.63. The van der Waals surface area contributed by atoms with Crippen LogP contribution in [0.1, 0.15) is 41.6 Å². The Morgan fingerprint density at radius 3 is 2.86 bits per heavy atom. The number of aromatic nitrogens is 2. The zero-order chi connectivity index (χ0) is 19.5. The predicted molar refractivity (Wildman–Crippen MR) is 110 cm³/mol. The van der Waals surface area contributed by atoms with Gasteiger partial charge in [-0.15, -0.1) is 0 Å². The summed E-state index contributed by atoms with van der Waals surface area (Å²) < 4.78 is 5.76. The number of hydrogen-bond donors (Lipinski definition) is 0. The molecule has 0 aliphatic carbocycles. The Labute approximate surface area is 164 Å². The van der Waals surface area contributed by atoms with E-state index in [1.807, 2.05) is 49.5 Å².